The van der Waals surface area contributed by atoms with E-state index in [4.69, 9.17) is 14.6 Å². The second-order valence-electron chi connectivity index (χ2n) is 3.03. The molecule has 1 saturated heterocycles. The number of hydrogen-bond acceptors (Lipinski definition) is 4. The lowest BCUT2D eigenvalue weighted by Gasteiger charge is -2.13. The van der Waals surface area contributed by atoms with Gasteiger partial charge in [-0.1, -0.05) is 0 Å². The van der Waals surface area contributed by atoms with Crippen molar-refractivity contribution in [3.63, 3.8) is 0 Å². The summed E-state index contributed by atoms with van der Waals surface area (Å²) in [5, 5.41) is 8.72. The zero-order valence-corrected chi connectivity index (χ0v) is 7.69. The molecule has 0 aromatic rings. The summed E-state index contributed by atoms with van der Waals surface area (Å²) in [5.41, 5.74) is 0. The average molecular weight is 175 g/mol. The van der Waals surface area contributed by atoms with Crippen molar-refractivity contribution in [1.29, 1.82) is 0 Å². The highest BCUT2D eigenvalue weighted by Crippen LogP contribution is 2.14. The van der Waals surface area contributed by atoms with E-state index in [0.29, 0.717) is 6.54 Å². The fourth-order valence-corrected chi connectivity index (χ4v) is 1.60. The van der Waals surface area contributed by atoms with Gasteiger partial charge in [0.15, 0.2) is 0 Å². The van der Waals surface area contributed by atoms with Crippen LogP contribution in [0, 0.1) is 0 Å². The fraction of sp³-hybridized carbons (Fsp3) is 1.00. The summed E-state index contributed by atoms with van der Waals surface area (Å²) in [6.45, 7) is 2.62. The first-order valence-corrected chi connectivity index (χ1v) is 4.20. The summed E-state index contributed by atoms with van der Waals surface area (Å²) in [4.78, 5) is 2.14. The molecule has 0 radical (unpaired) electrons. The lowest BCUT2D eigenvalue weighted by atomic mass is 10.3. The third-order valence-corrected chi connectivity index (χ3v) is 2.31. The Balaban J connectivity index is 2.36. The van der Waals surface area contributed by atoms with E-state index in [2.05, 4.69) is 4.90 Å². The normalized spacial score (nSPS) is 31.2. The predicted molar refractivity (Wildman–Crippen MR) is 45.1 cm³/mol. The minimum absolute atomic E-state index is 0.154. The molecule has 1 fully saturated rings. The zero-order chi connectivity index (χ0) is 8.97. The Morgan fingerprint density at radius 3 is 2.08 bits per heavy atom. The first-order chi connectivity index (χ1) is 5.81. The van der Waals surface area contributed by atoms with Gasteiger partial charge in [-0.3, -0.25) is 4.90 Å². The number of hydrogen-bond donors (Lipinski definition) is 1. The number of likely N-dealkylation sites (tertiary alicyclic amines) is 1. The van der Waals surface area contributed by atoms with Gasteiger partial charge in [-0.15, -0.1) is 0 Å². The van der Waals surface area contributed by atoms with Gasteiger partial charge in [0.1, 0.15) is 0 Å². The van der Waals surface area contributed by atoms with Crippen LogP contribution in [0.3, 0.4) is 0 Å². The quantitative estimate of drug-likeness (QED) is 0.615. The summed E-state index contributed by atoms with van der Waals surface area (Å²) < 4.78 is 10.5. The first-order valence-electron chi connectivity index (χ1n) is 4.20. The van der Waals surface area contributed by atoms with Crippen molar-refractivity contribution in [3.05, 3.63) is 0 Å². The van der Waals surface area contributed by atoms with Crippen LogP contribution in [0.1, 0.15) is 0 Å². The Labute approximate surface area is 73.1 Å². The fourth-order valence-electron chi connectivity index (χ4n) is 1.60. The molecular weight excluding hydrogens is 158 g/mol. The van der Waals surface area contributed by atoms with E-state index >= 15 is 0 Å². The minimum atomic E-state index is 0.154. The van der Waals surface area contributed by atoms with Crippen LogP contribution in [0.15, 0.2) is 0 Å². The van der Waals surface area contributed by atoms with E-state index in [9.17, 15) is 0 Å². The van der Waals surface area contributed by atoms with Gasteiger partial charge in [-0.2, -0.15) is 0 Å². The van der Waals surface area contributed by atoms with Crippen molar-refractivity contribution in [2.75, 3.05) is 40.5 Å². The molecule has 0 unspecified atom stereocenters. The number of nitrogens with zero attached hydrogens (tertiary/aromatic N) is 1. The molecule has 0 spiro atoms. The van der Waals surface area contributed by atoms with E-state index in [1.54, 1.807) is 14.2 Å². The molecule has 0 aromatic heterocycles. The van der Waals surface area contributed by atoms with Crippen LogP contribution >= 0.6 is 0 Å². The van der Waals surface area contributed by atoms with Crippen molar-refractivity contribution in [2.45, 2.75) is 12.2 Å². The van der Waals surface area contributed by atoms with Gasteiger partial charge in [-0.25, -0.2) is 0 Å². The second-order valence-corrected chi connectivity index (χ2v) is 3.03. The van der Waals surface area contributed by atoms with Gasteiger partial charge >= 0.3 is 0 Å². The maximum absolute atomic E-state index is 8.72. The van der Waals surface area contributed by atoms with Crippen LogP contribution in [-0.4, -0.2) is 62.7 Å². The monoisotopic (exact) mass is 175 g/mol. The zero-order valence-electron chi connectivity index (χ0n) is 7.69. The summed E-state index contributed by atoms with van der Waals surface area (Å²) in [6, 6.07) is 0. The van der Waals surface area contributed by atoms with Crippen molar-refractivity contribution < 1.29 is 14.6 Å². The molecular formula is C8H17NO3. The summed E-state index contributed by atoms with van der Waals surface area (Å²) in [5.74, 6) is 0. The highest BCUT2D eigenvalue weighted by Gasteiger charge is 2.32. The van der Waals surface area contributed by atoms with Crippen molar-refractivity contribution in [1.82, 2.24) is 4.90 Å². The third-order valence-electron chi connectivity index (χ3n) is 2.31. The van der Waals surface area contributed by atoms with Gasteiger partial charge in [0.25, 0.3) is 0 Å². The molecule has 12 heavy (non-hydrogen) atoms. The van der Waals surface area contributed by atoms with Crippen molar-refractivity contribution >= 4 is 0 Å². The molecule has 4 heteroatoms. The Morgan fingerprint density at radius 1 is 1.25 bits per heavy atom. The van der Waals surface area contributed by atoms with Gasteiger partial charge in [0, 0.05) is 33.9 Å². The topological polar surface area (TPSA) is 41.9 Å². The molecule has 0 aromatic carbocycles. The SMILES string of the molecule is CO[C@@H]1CN(CCO)C[C@H]1OC. The maximum atomic E-state index is 8.72. The summed E-state index contributed by atoms with van der Waals surface area (Å²) in [7, 11) is 3.39. The molecule has 72 valence electrons. The predicted octanol–water partition coefficient (Wildman–Crippen LogP) is -0.676. The van der Waals surface area contributed by atoms with Gasteiger partial charge in [0.2, 0.25) is 0 Å². The number of aliphatic hydroxyl groups is 1. The molecule has 0 aliphatic carbocycles. The van der Waals surface area contributed by atoms with Crippen molar-refractivity contribution in [3.8, 4) is 0 Å². The number of aliphatic hydroxyl groups excluding tert-OH is 1. The molecule has 1 aliphatic heterocycles. The maximum Gasteiger partial charge on any atom is 0.0971 e. The average Bonchev–Trinajstić information content (AvgIpc) is 2.48. The summed E-state index contributed by atoms with van der Waals surface area (Å²) in [6.07, 6.45) is 0.308. The molecule has 0 bridgehead atoms. The third kappa shape index (κ3) is 2.17. The van der Waals surface area contributed by atoms with Crippen LogP contribution < -0.4 is 0 Å². The van der Waals surface area contributed by atoms with E-state index in [1.165, 1.54) is 0 Å². The molecule has 1 heterocycles. The van der Waals surface area contributed by atoms with Crippen molar-refractivity contribution in [2.24, 2.45) is 0 Å². The first kappa shape index (κ1) is 9.92. The Kier molecular flexibility index (Phi) is 3.94. The van der Waals surface area contributed by atoms with Gasteiger partial charge in [-0.05, 0) is 0 Å². The lowest BCUT2D eigenvalue weighted by Crippen LogP contribution is -2.27. The molecule has 1 aliphatic rings. The Hall–Kier alpha value is -0.160. The van der Waals surface area contributed by atoms with Gasteiger partial charge < -0.3 is 14.6 Å². The van der Waals surface area contributed by atoms with Crippen LogP contribution in [0.2, 0.25) is 0 Å². The number of methoxy groups -OCH3 is 2. The molecule has 0 saturated carbocycles. The Morgan fingerprint density at radius 2 is 1.75 bits per heavy atom. The number of β-amino-alcohol motifs (C(OH)–C–C–N with tert-alkyl or cyclic N) is 1. The molecule has 0 amide bonds. The molecule has 1 N–H and O–H groups in total. The van der Waals surface area contributed by atoms with Gasteiger partial charge in [0.05, 0.1) is 18.8 Å². The lowest BCUT2D eigenvalue weighted by molar-refractivity contribution is -0.00461. The van der Waals surface area contributed by atoms with Crippen LogP contribution in [0.25, 0.3) is 0 Å². The molecule has 4 nitrogen and oxygen atoms in total. The minimum Gasteiger partial charge on any atom is -0.395 e. The standard InChI is InChI=1S/C8H17NO3/c1-11-7-5-9(3-4-10)6-8(7)12-2/h7-8,10H,3-6H2,1-2H3/t7-,8-/m1/s1. The smallest absolute Gasteiger partial charge is 0.0971 e. The summed E-state index contributed by atoms with van der Waals surface area (Å²) >= 11 is 0. The Bertz CT molecular complexity index is 119. The largest absolute Gasteiger partial charge is 0.395 e. The highest BCUT2D eigenvalue weighted by molar-refractivity contribution is 4.85. The second kappa shape index (κ2) is 4.77. The molecule has 1 rings (SSSR count). The van der Waals surface area contributed by atoms with Crippen LogP contribution in [0.4, 0.5) is 0 Å². The van der Waals surface area contributed by atoms with Crippen LogP contribution in [0.5, 0.6) is 0 Å². The molecule has 2 atom stereocenters. The van der Waals surface area contributed by atoms with E-state index in [1.807, 2.05) is 0 Å². The van der Waals surface area contributed by atoms with E-state index < -0.39 is 0 Å². The number of rotatable bonds is 4. The number of ether oxygens (including phenoxy) is 2. The van der Waals surface area contributed by atoms with E-state index in [0.717, 1.165) is 13.1 Å². The highest BCUT2D eigenvalue weighted by atomic mass is 16.5. The van der Waals surface area contributed by atoms with E-state index in [-0.39, 0.29) is 18.8 Å². The van der Waals surface area contributed by atoms with Crippen LogP contribution in [-0.2, 0) is 9.47 Å².